The Labute approximate surface area is 115 Å². The summed E-state index contributed by atoms with van der Waals surface area (Å²) in [4.78, 5) is 4.01. The van der Waals surface area contributed by atoms with Crippen molar-refractivity contribution in [1.82, 2.24) is 9.29 Å². The molecule has 0 saturated heterocycles. The van der Waals surface area contributed by atoms with E-state index in [1.807, 2.05) is 27.7 Å². The molecule has 1 heterocycles. The van der Waals surface area contributed by atoms with Crippen LogP contribution in [-0.4, -0.2) is 30.8 Å². The van der Waals surface area contributed by atoms with Crippen molar-refractivity contribution in [3.63, 3.8) is 0 Å². The van der Waals surface area contributed by atoms with Crippen LogP contribution in [-0.2, 0) is 10.0 Å². The molecule has 1 atom stereocenters. The molecule has 0 saturated carbocycles. The molecule has 3 N–H and O–H groups in total. The molecule has 0 spiro atoms. The third kappa shape index (κ3) is 3.23. The zero-order valence-corrected chi connectivity index (χ0v) is 12.8. The van der Waals surface area contributed by atoms with Crippen molar-refractivity contribution in [2.45, 2.75) is 38.6 Å². The minimum Gasteiger partial charge on any atom is -0.307 e. The quantitative estimate of drug-likeness (QED) is 0.645. The van der Waals surface area contributed by atoms with Crippen molar-refractivity contribution in [1.29, 1.82) is 0 Å². The number of anilines is 1. The zero-order chi connectivity index (χ0) is 14.8. The average molecular weight is 286 g/mol. The summed E-state index contributed by atoms with van der Waals surface area (Å²) in [5.74, 6) is 5.46. The lowest BCUT2D eigenvalue weighted by molar-refractivity contribution is 0.216. The fourth-order valence-corrected chi connectivity index (χ4v) is 3.27. The van der Waals surface area contributed by atoms with Gasteiger partial charge in [-0.05, 0) is 24.5 Å². The number of aromatic nitrogens is 1. The SMILES string of the molecule is CC(N(C)S(=O)(=O)c1cccnc1NN)C(C)(C)C. The number of hydrazine groups is 1. The number of sulfonamides is 1. The van der Waals surface area contributed by atoms with Crippen molar-refractivity contribution < 1.29 is 8.42 Å². The highest BCUT2D eigenvalue weighted by molar-refractivity contribution is 7.89. The van der Waals surface area contributed by atoms with Crippen LogP contribution in [0.2, 0.25) is 0 Å². The normalized spacial score (nSPS) is 14.5. The highest BCUT2D eigenvalue weighted by Crippen LogP contribution is 2.29. The topological polar surface area (TPSA) is 88.3 Å². The van der Waals surface area contributed by atoms with Gasteiger partial charge in [0, 0.05) is 19.3 Å². The van der Waals surface area contributed by atoms with Crippen LogP contribution in [0.25, 0.3) is 0 Å². The molecule has 0 aliphatic heterocycles. The minimum absolute atomic E-state index is 0.0797. The van der Waals surface area contributed by atoms with Crippen LogP contribution in [0.4, 0.5) is 5.82 Å². The van der Waals surface area contributed by atoms with E-state index in [0.29, 0.717) is 0 Å². The summed E-state index contributed by atoms with van der Waals surface area (Å²) in [5.41, 5.74) is 2.15. The Kier molecular flexibility index (Phi) is 4.54. The molecule has 0 radical (unpaired) electrons. The summed E-state index contributed by atoms with van der Waals surface area (Å²) in [7, 11) is -2.07. The molecule has 0 fully saturated rings. The molecule has 0 aromatic carbocycles. The van der Waals surface area contributed by atoms with Crippen LogP contribution in [0.1, 0.15) is 27.7 Å². The number of hydrogen-bond donors (Lipinski definition) is 2. The van der Waals surface area contributed by atoms with Crippen molar-refractivity contribution in [2.24, 2.45) is 11.3 Å². The predicted molar refractivity (Wildman–Crippen MR) is 75.9 cm³/mol. The maximum absolute atomic E-state index is 12.6. The Morgan fingerprint density at radius 1 is 1.42 bits per heavy atom. The van der Waals surface area contributed by atoms with Gasteiger partial charge in [0.05, 0.1) is 0 Å². The number of hydrogen-bond acceptors (Lipinski definition) is 5. The zero-order valence-electron chi connectivity index (χ0n) is 12.0. The number of nitrogen functional groups attached to an aromatic ring is 1. The van der Waals surface area contributed by atoms with E-state index in [1.165, 1.54) is 16.6 Å². The number of nitrogens with two attached hydrogens (primary N) is 1. The molecule has 1 unspecified atom stereocenters. The summed E-state index contributed by atoms with van der Waals surface area (Å²) in [5, 5.41) is 0. The van der Waals surface area contributed by atoms with E-state index < -0.39 is 10.0 Å². The fraction of sp³-hybridized carbons (Fsp3) is 0.583. The Hall–Kier alpha value is -1.18. The van der Waals surface area contributed by atoms with Crippen molar-refractivity contribution >= 4 is 15.8 Å². The maximum atomic E-state index is 12.6. The Morgan fingerprint density at radius 2 is 2.00 bits per heavy atom. The van der Waals surface area contributed by atoms with Crippen LogP contribution < -0.4 is 11.3 Å². The first-order valence-corrected chi connectivity index (χ1v) is 7.46. The summed E-state index contributed by atoms with van der Waals surface area (Å²) in [6.07, 6.45) is 1.49. The van der Waals surface area contributed by atoms with Gasteiger partial charge in [0.25, 0.3) is 0 Å². The molecule has 0 bridgehead atoms. The monoisotopic (exact) mass is 286 g/mol. The molecule has 1 rings (SSSR count). The molecular formula is C12H22N4O2S. The van der Waals surface area contributed by atoms with Gasteiger partial charge in [0.1, 0.15) is 4.90 Å². The van der Waals surface area contributed by atoms with Gasteiger partial charge < -0.3 is 5.43 Å². The van der Waals surface area contributed by atoms with Crippen molar-refractivity contribution in [3.8, 4) is 0 Å². The Balaban J connectivity index is 3.25. The summed E-state index contributed by atoms with van der Waals surface area (Å²) < 4.78 is 26.5. The standard InChI is InChI=1S/C12H22N4O2S/c1-9(12(2,3)4)16(5)19(17,18)10-7-6-8-14-11(10)15-13/h6-9H,13H2,1-5H3,(H,14,15). The number of rotatable bonds is 4. The molecule has 0 aliphatic rings. The van der Waals surface area contributed by atoms with Gasteiger partial charge in [0.2, 0.25) is 10.0 Å². The number of nitrogens with zero attached hydrogens (tertiary/aromatic N) is 2. The van der Waals surface area contributed by atoms with E-state index in [2.05, 4.69) is 10.4 Å². The van der Waals surface area contributed by atoms with E-state index in [-0.39, 0.29) is 22.2 Å². The second-order valence-electron chi connectivity index (χ2n) is 5.56. The molecule has 1 aromatic rings. The van der Waals surface area contributed by atoms with E-state index in [0.717, 1.165) is 0 Å². The summed E-state index contributed by atoms with van der Waals surface area (Å²) in [6.45, 7) is 7.86. The molecule has 19 heavy (non-hydrogen) atoms. The van der Waals surface area contributed by atoms with Crippen LogP contribution >= 0.6 is 0 Å². The Bertz CT molecular complexity index is 537. The first kappa shape index (κ1) is 15.9. The number of nitrogens with one attached hydrogen (secondary N) is 1. The first-order chi connectivity index (χ1) is 8.62. The van der Waals surface area contributed by atoms with Gasteiger partial charge in [-0.25, -0.2) is 19.2 Å². The van der Waals surface area contributed by atoms with E-state index in [4.69, 9.17) is 5.84 Å². The molecule has 7 heteroatoms. The molecule has 0 amide bonds. The lowest BCUT2D eigenvalue weighted by atomic mass is 9.88. The lowest BCUT2D eigenvalue weighted by Gasteiger charge is -2.34. The third-order valence-corrected chi connectivity index (χ3v) is 5.32. The van der Waals surface area contributed by atoms with Crippen LogP contribution in [0.15, 0.2) is 23.2 Å². The fourth-order valence-electron chi connectivity index (χ4n) is 1.62. The van der Waals surface area contributed by atoms with Crippen molar-refractivity contribution in [3.05, 3.63) is 18.3 Å². The molecule has 0 aliphatic carbocycles. The van der Waals surface area contributed by atoms with Gasteiger partial charge in [-0.2, -0.15) is 4.31 Å². The predicted octanol–water partition coefficient (Wildman–Crippen LogP) is 1.42. The number of pyridine rings is 1. The molecule has 1 aromatic heterocycles. The second kappa shape index (κ2) is 5.44. The smallest absolute Gasteiger partial charge is 0.246 e. The van der Waals surface area contributed by atoms with Crippen LogP contribution in [0.3, 0.4) is 0 Å². The lowest BCUT2D eigenvalue weighted by Crippen LogP contribution is -2.43. The van der Waals surface area contributed by atoms with Gasteiger partial charge in [0.15, 0.2) is 5.82 Å². The van der Waals surface area contributed by atoms with Crippen molar-refractivity contribution in [2.75, 3.05) is 12.5 Å². The van der Waals surface area contributed by atoms with Gasteiger partial charge in [-0.3, -0.25) is 0 Å². The largest absolute Gasteiger partial charge is 0.307 e. The van der Waals surface area contributed by atoms with Crippen LogP contribution in [0.5, 0.6) is 0 Å². The Morgan fingerprint density at radius 3 is 2.47 bits per heavy atom. The minimum atomic E-state index is -3.64. The first-order valence-electron chi connectivity index (χ1n) is 6.02. The highest BCUT2D eigenvalue weighted by Gasteiger charge is 2.33. The summed E-state index contributed by atoms with van der Waals surface area (Å²) >= 11 is 0. The van der Waals surface area contributed by atoms with Gasteiger partial charge in [-0.1, -0.05) is 20.8 Å². The molecule has 6 nitrogen and oxygen atoms in total. The second-order valence-corrected chi connectivity index (χ2v) is 7.52. The van der Waals surface area contributed by atoms with Crippen LogP contribution in [0, 0.1) is 5.41 Å². The molecule has 108 valence electrons. The van der Waals surface area contributed by atoms with E-state index >= 15 is 0 Å². The van der Waals surface area contributed by atoms with Gasteiger partial charge >= 0.3 is 0 Å². The average Bonchev–Trinajstić information content (AvgIpc) is 2.35. The van der Waals surface area contributed by atoms with E-state index in [1.54, 1.807) is 13.1 Å². The third-order valence-electron chi connectivity index (χ3n) is 3.36. The van der Waals surface area contributed by atoms with Gasteiger partial charge in [-0.15, -0.1) is 0 Å². The molecular weight excluding hydrogens is 264 g/mol. The highest BCUT2D eigenvalue weighted by atomic mass is 32.2. The van der Waals surface area contributed by atoms with E-state index in [9.17, 15) is 8.42 Å². The maximum Gasteiger partial charge on any atom is 0.246 e. The summed E-state index contributed by atoms with van der Waals surface area (Å²) in [6, 6.07) is 2.90.